The van der Waals surface area contributed by atoms with Crippen LogP contribution in [0.1, 0.15) is 123 Å². The van der Waals surface area contributed by atoms with E-state index in [0.717, 1.165) is 71.0 Å². The molecule has 0 amide bonds. The third-order valence-corrected chi connectivity index (χ3v) is 13.2. The molecule has 0 aliphatic heterocycles. The Balaban J connectivity index is 0.000000330. The molecule has 3 heterocycles. The summed E-state index contributed by atoms with van der Waals surface area (Å²) in [6, 6.07) is 23.4. The zero-order valence-electron chi connectivity index (χ0n) is 35.9. The Bertz CT molecular complexity index is 2340. The fourth-order valence-corrected chi connectivity index (χ4v) is 8.43. The molecule has 0 aliphatic rings. The number of aliphatic hydroxyl groups is 1. The Labute approximate surface area is 353 Å². The van der Waals surface area contributed by atoms with Crippen LogP contribution in [0.25, 0.3) is 54.4 Å². The Morgan fingerprint density at radius 3 is 2.12 bits per heavy atom. The van der Waals surface area contributed by atoms with Crippen molar-refractivity contribution in [2.24, 2.45) is 16.7 Å². The van der Waals surface area contributed by atoms with E-state index in [0.29, 0.717) is 5.92 Å². The predicted octanol–water partition coefficient (Wildman–Crippen LogP) is 15.1. The average Bonchev–Trinajstić information content (AvgIpc) is 3.67. The minimum Gasteiger partial charge on any atom is -0.512 e. The van der Waals surface area contributed by atoms with Crippen molar-refractivity contribution in [3.8, 4) is 22.6 Å². The van der Waals surface area contributed by atoms with E-state index >= 15 is 0 Å². The Kier molecular flexibility index (Phi) is 14.4. The van der Waals surface area contributed by atoms with Gasteiger partial charge in [-0.1, -0.05) is 111 Å². The summed E-state index contributed by atoms with van der Waals surface area (Å²) in [5.74, 6) is 1.86. The third-order valence-electron chi connectivity index (χ3n) is 12.1. The monoisotopic (exact) mass is 949 g/mol. The van der Waals surface area contributed by atoms with Crippen LogP contribution in [0, 0.1) is 36.7 Å². The van der Waals surface area contributed by atoms with Gasteiger partial charge >= 0.3 is 0 Å². The van der Waals surface area contributed by atoms with Crippen LogP contribution < -0.4 is 0 Å². The van der Waals surface area contributed by atoms with Crippen molar-refractivity contribution in [3.05, 3.63) is 100 Å². The molecule has 0 saturated carbocycles. The van der Waals surface area contributed by atoms with Gasteiger partial charge in [-0.15, -0.1) is 40.5 Å². The molecule has 0 spiro atoms. The largest absolute Gasteiger partial charge is 0.512 e. The maximum atomic E-state index is 12.2. The zero-order chi connectivity index (χ0) is 40.5. The first-order valence-electron chi connectivity index (χ1n) is 20.2. The smallest absolute Gasteiger partial charge is 0.164 e. The van der Waals surface area contributed by atoms with Crippen LogP contribution in [0.3, 0.4) is 0 Å². The number of aryl methyl sites for hydroxylation is 2. The summed E-state index contributed by atoms with van der Waals surface area (Å²) in [6.07, 6.45) is 7.73. The molecule has 56 heavy (non-hydrogen) atoms. The molecule has 3 aromatic heterocycles. The van der Waals surface area contributed by atoms with Crippen LogP contribution in [-0.4, -0.2) is 15.9 Å². The average molecular weight is 949 g/mol. The summed E-state index contributed by atoms with van der Waals surface area (Å²) in [5, 5.41) is 14.9. The number of aliphatic hydroxyl groups excluding tert-OH is 1. The van der Waals surface area contributed by atoms with Gasteiger partial charge in [-0.05, 0) is 81.0 Å². The molecule has 1 N–H and O–H groups in total. The predicted molar refractivity (Wildman–Crippen MR) is 236 cm³/mol. The fraction of sp³-hybridized carbons (Fsp3) is 0.440. The van der Waals surface area contributed by atoms with E-state index in [1.807, 2.05) is 59.1 Å². The number of benzene rings is 3. The van der Waals surface area contributed by atoms with Gasteiger partial charge in [-0.2, -0.15) is 0 Å². The SMILES string of the molecule is CCC(C)(CC)C(=O)/C=C(\O)C(C)(CC)CC.Cc1sc2ccc(CC(C)C)cc2c1-c1oc2c(-c3[c-]c4ccccc4c(C(C)(C)C)c3)nccc2c1C.[Ir]. The Hall–Kier alpha value is -3.57. The molecule has 1 radical (unpaired) electrons. The number of carbonyl (C=O) groups is 1. The molecular formula is C50H62IrNO3S-. The number of nitrogens with zero attached hydrogens (tertiary/aromatic N) is 1. The van der Waals surface area contributed by atoms with Gasteiger partial charge in [-0.3, -0.25) is 9.78 Å². The number of fused-ring (bicyclic) bond motifs is 3. The molecule has 0 atom stereocenters. The summed E-state index contributed by atoms with van der Waals surface area (Å²) in [5.41, 5.74) is 7.10. The van der Waals surface area contributed by atoms with E-state index in [4.69, 9.17) is 9.40 Å². The van der Waals surface area contributed by atoms with Gasteiger partial charge in [-0.25, -0.2) is 0 Å². The van der Waals surface area contributed by atoms with E-state index < -0.39 is 0 Å². The molecule has 0 bridgehead atoms. The number of rotatable bonds is 11. The van der Waals surface area contributed by atoms with Crippen LogP contribution in [0.2, 0.25) is 0 Å². The molecule has 4 nitrogen and oxygen atoms in total. The summed E-state index contributed by atoms with van der Waals surface area (Å²) in [4.78, 5) is 18.3. The summed E-state index contributed by atoms with van der Waals surface area (Å²) in [7, 11) is 0. The van der Waals surface area contributed by atoms with Gasteiger partial charge < -0.3 is 9.52 Å². The number of furan rings is 1. The van der Waals surface area contributed by atoms with Gasteiger partial charge in [0.25, 0.3) is 0 Å². The minimum absolute atomic E-state index is 0. The number of hydrogen-bond acceptors (Lipinski definition) is 5. The minimum atomic E-state index is -0.337. The maximum absolute atomic E-state index is 12.2. The second-order valence-corrected chi connectivity index (χ2v) is 18.6. The maximum Gasteiger partial charge on any atom is 0.164 e. The quantitative estimate of drug-likeness (QED) is 0.0798. The molecular weight excluding hydrogens is 887 g/mol. The second kappa shape index (κ2) is 17.9. The first kappa shape index (κ1) is 45.1. The van der Waals surface area contributed by atoms with E-state index in [2.05, 4.69) is 109 Å². The van der Waals surface area contributed by atoms with Crippen LogP contribution >= 0.6 is 11.3 Å². The first-order valence-corrected chi connectivity index (χ1v) is 21.0. The van der Waals surface area contributed by atoms with Crippen LogP contribution in [0.15, 0.2) is 77.0 Å². The van der Waals surface area contributed by atoms with Gasteiger partial charge in [0.15, 0.2) is 5.78 Å². The van der Waals surface area contributed by atoms with E-state index in [-0.39, 0.29) is 47.9 Å². The Morgan fingerprint density at radius 2 is 1.52 bits per heavy atom. The molecule has 3 aromatic carbocycles. The number of carbonyl (C=O) groups excluding carboxylic acids is 1. The molecule has 0 saturated heterocycles. The number of ketones is 1. The molecule has 6 rings (SSSR count). The fourth-order valence-electron chi connectivity index (χ4n) is 7.39. The van der Waals surface area contributed by atoms with Crippen LogP contribution in [0.5, 0.6) is 0 Å². The third kappa shape index (κ3) is 9.09. The van der Waals surface area contributed by atoms with E-state index in [9.17, 15) is 9.90 Å². The van der Waals surface area contributed by atoms with Crippen molar-refractivity contribution in [1.82, 2.24) is 4.98 Å². The first-order chi connectivity index (χ1) is 25.9. The summed E-state index contributed by atoms with van der Waals surface area (Å²) in [6.45, 7) is 27.8. The number of hydrogen-bond donors (Lipinski definition) is 1. The van der Waals surface area contributed by atoms with E-state index in [1.165, 1.54) is 43.1 Å². The number of thiophene rings is 1. The molecule has 0 fully saturated rings. The normalized spacial score (nSPS) is 12.6. The Morgan fingerprint density at radius 1 is 0.875 bits per heavy atom. The summed E-state index contributed by atoms with van der Waals surface area (Å²) < 4.78 is 8.11. The molecule has 301 valence electrons. The molecule has 0 aliphatic carbocycles. The standard InChI is InChI=1S/C35H34NOS.C15H28O2.Ir/c1-20(2)16-23-12-13-30-28(17-23)31(22(4)38-30)33-21(3)26-14-15-36-32(34(26)37-33)25-18-24-10-8-9-11-27(24)29(19-25)35(5,6)7;1-7-14(5,8-2)12(16)11-13(17)15(6,9-3)10-4;/h8-15,17,19-20H,16H2,1-7H3;11,16H,7-10H2,1-6H3;/q-1;;/b;12-11-;. The molecule has 6 heteroatoms. The van der Waals surface area contributed by atoms with Gasteiger partial charge in [0, 0.05) is 80.4 Å². The zero-order valence-corrected chi connectivity index (χ0v) is 39.1. The van der Waals surface area contributed by atoms with Crippen molar-refractivity contribution in [1.29, 1.82) is 0 Å². The van der Waals surface area contributed by atoms with Crippen molar-refractivity contribution in [2.75, 3.05) is 0 Å². The topological polar surface area (TPSA) is 63.3 Å². The van der Waals surface area contributed by atoms with Gasteiger partial charge in [0.05, 0.1) is 0 Å². The molecule has 6 aromatic rings. The number of allylic oxidation sites excluding steroid dienone is 2. The van der Waals surface area contributed by atoms with Crippen LogP contribution in [0.4, 0.5) is 0 Å². The number of pyridine rings is 1. The summed E-state index contributed by atoms with van der Waals surface area (Å²) >= 11 is 1.84. The van der Waals surface area contributed by atoms with Crippen LogP contribution in [-0.2, 0) is 36.7 Å². The van der Waals surface area contributed by atoms with Crippen molar-refractivity contribution >= 4 is 48.9 Å². The molecule has 0 unspecified atom stereocenters. The van der Waals surface area contributed by atoms with Crippen molar-refractivity contribution < 1.29 is 34.4 Å². The van der Waals surface area contributed by atoms with Gasteiger partial charge in [0.1, 0.15) is 17.1 Å². The van der Waals surface area contributed by atoms with E-state index in [1.54, 1.807) is 0 Å². The second-order valence-electron chi connectivity index (χ2n) is 17.4. The van der Waals surface area contributed by atoms with Crippen molar-refractivity contribution in [2.45, 2.75) is 128 Å². The number of aromatic nitrogens is 1. The van der Waals surface area contributed by atoms with Crippen molar-refractivity contribution in [3.63, 3.8) is 0 Å². The van der Waals surface area contributed by atoms with Gasteiger partial charge in [0.2, 0.25) is 0 Å².